The maximum absolute atomic E-state index is 13.1. The molecule has 2 aromatic carbocycles. The second kappa shape index (κ2) is 7.33. The zero-order valence-electron chi connectivity index (χ0n) is 15.1. The van der Waals surface area contributed by atoms with Crippen LogP contribution >= 0.6 is 0 Å². The number of benzene rings is 2. The zero-order chi connectivity index (χ0) is 19.0. The summed E-state index contributed by atoms with van der Waals surface area (Å²) in [4.78, 5) is 0.247. The van der Waals surface area contributed by atoms with Gasteiger partial charge in [-0.05, 0) is 24.6 Å². The molecule has 3 saturated heterocycles. The van der Waals surface area contributed by atoms with Crippen LogP contribution in [-0.4, -0.2) is 55.3 Å². The number of fused-ring (bicyclic) bond motifs is 3. The Hall–Kier alpha value is -1.77. The van der Waals surface area contributed by atoms with Crippen LogP contribution in [0.5, 0.6) is 0 Å². The van der Waals surface area contributed by atoms with Gasteiger partial charge in [0.1, 0.15) is 12.2 Å². The van der Waals surface area contributed by atoms with Crippen LogP contribution in [0.25, 0.3) is 0 Å². The molecule has 3 aliphatic rings. The smallest absolute Gasteiger partial charge is 0.243 e. The molecule has 0 aliphatic carbocycles. The van der Waals surface area contributed by atoms with Crippen LogP contribution in [0.4, 0.5) is 0 Å². The molecule has 7 heteroatoms. The van der Waals surface area contributed by atoms with Crippen molar-refractivity contribution < 1.29 is 23.0 Å². The van der Waals surface area contributed by atoms with Gasteiger partial charge in [0.2, 0.25) is 10.0 Å². The van der Waals surface area contributed by atoms with Crippen LogP contribution < -0.4 is 0 Å². The number of rotatable bonds is 5. The van der Waals surface area contributed by atoms with Crippen LogP contribution in [0, 0.1) is 6.92 Å². The molecule has 0 unspecified atom stereocenters. The number of hydrogen-bond donors (Lipinski definition) is 1. The highest BCUT2D eigenvalue weighted by molar-refractivity contribution is 7.89. The summed E-state index contributed by atoms with van der Waals surface area (Å²) in [6.07, 6.45) is -2.06. The van der Waals surface area contributed by atoms with Gasteiger partial charge in [-0.3, -0.25) is 0 Å². The summed E-state index contributed by atoms with van der Waals surface area (Å²) in [5, 5.41) is 10.6. The van der Waals surface area contributed by atoms with Gasteiger partial charge >= 0.3 is 0 Å². The van der Waals surface area contributed by atoms with Gasteiger partial charge < -0.3 is 14.6 Å². The van der Waals surface area contributed by atoms with Crippen molar-refractivity contribution in [2.45, 2.75) is 42.8 Å². The molecule has 1 N–H and O–H groups in total. The van der Waals surface area contributed by atoms with Crippen LogP contribution in [0.15, 0.2) is 59.5 Å². The number of piperidine rings is 1. The SMILES string of the molecule is Cc1ccc(S(=O)(=O)N2C[C@H]3OC[C@@H]2[C@@H](OCc2ccccc2)[C@@H]3O)cc1. The quantitative estimate of drug-likeness (QED) is 0.843. The zero-order valence-corrected chi connectivity index (χ0v) is 15.9. The van der Waals surface area contributed by atoms with Crippen molar-refractivity contribution >= 4 is 10.0 Å². The fourth-order valence-electron chi connectivity index (χ4n) is 3.67. The molecule has 144 valence electrons. The molecule has 4 atom stereocenters. The molecular formula is C20H23NO5S. The predicted molar refractivity (Wildman–Crippen MR) is 99.6 cm³/mol. The van der Waals surface area contributed by atoms with Gasteiger partial charge in [-0.2, -0.15) is 4.31 Å². The molecule has 0 amide bonds. The minimum Gasteiger partial charge on any atom is -0.388 e. The number of ether oxygens (including phenoxy) is 2. The van der Waals surface area contributed by atoms with Crippen LogP contribution in [0.3, 0.4) is 0 Å². The molecule has 6 nitrogen and oxygen atoms in total. The van der Waals surface area contributed by atoms with E-state index in [1.54, 1.807) is 24.3 Å². The van der Waals surface area contributed by atoms with E-state index in [0.29, 0.717) is 6.61 Å². The lowest BCUT2D eigenvalue weighted by atomic mass is 9.93. The summed E-state index contributed by atoms with van der Waals surface area (Å²) >= 11 is 0. The van der Waals surface area contributed by atoms with E-state index in [1.165, 1.54) is 4.31 Å². The Morgan fingerprint density at radius 3 is 2.56 bits per heavy atom. The lowest BCUT2D eigenvalue weighted by molar-refractivity contribution is -0.217. The molecule has 3 heterocycles. The van der Waals surface area contributed by atoms with Gasteiger partial charge in [0, 0.05) is 6.54 Å². The molecule has 0 saturated carbocycles. The third-order valence-corrected chi connectivity index (χ3v) is 7.13. The van der Waals surface area contributed by atoms with Crippen molar-refractivity contribution in [3.63, 3.8) is 0 Å². The molecular weight excluding hydrogens is 366 g/mol. The number of aliphatic hydroxyl groups is 1. The number of sulfonamides is 1. The number of hydrogen-bond acceptors (Lipinski definition) is 5. The minimum absolute atomic E-state index is 0.132. The molecule has 27 heavy (non-hydrogen) atoms. The lowest BCUT2D eigenvalue weighted by Crippen LogP contribution is -2.69. The first-order valence-corrected chi connectivity index (χ1v) is 10.4. The summed E-state index contributed by atoms with van der Waals surface area (Å²) in [5.41, 5.74) is 1.97. The second-order valence-corrected chi connectivity index (χ2v) is 8.97. The largest absolute Gasteiger partial charge is 0.388 e. The van der Waals surface area contributed by atoms with E-state index >= 15 is 0 Å². The number of morpholine rings is 1. The summed E-state index contributed by atoms with van der Waals surface area (Å²) in [5.74, 6) is 0. The normalized spacial score (nSPS) is 28.4. The first-order chi connectivity index (χ1) is 13.0. The van der Waals surface area contributed by atoms with Gasteiger partial charge in [0.25, 0.3) is 0 Å². The van der Waals surface area contributed by atoms with Gasteiger partial charge in [-0.1, -0.05) is 48.0 Å². The van der Waals surface area contributed by atoms with Crippen molar-refractivity contribution in [2.24, 2.45) is 0 Å². The molecule has 0 aromatic heterocycles. The summed E-state index contributed by atoms with van der Waals surface area (Å²) in [7, 11) is -3.69. The lowest BCUT2D eigenvalue weighted by Gasteiger charge is -2.50. The van der Waals surface area contributed by atoms with Crippen molar-refractivity contribution in [3.8, 4) is 0 Å². The summed E-state index contributed by atoms with van der Waals surface area (Å²) in [6, 6.07) is 15.9. The average Bonchev–Trinajstić information content (AvgIpc) is 2.69. The van der Waals surface area contributed by atoms with E-state index in [1.807, 2.05) is 37.3 Å². The fraction of sp³-hybridized carbons (Fsp3) is 0.400. The summed E-state index contributed by atoms with van der Waals surface area (Å²) in [6.45, 7) is 2.57. The number of nitrogens with zero attached hydrogens (tertiary/aromatic N) is 1. The maximum atomic E-state index is 13.1. The van der Waals surface area contributed by atoms with E-state index < -0.39 is 34.4 Å². The van der Waals surface area contributed by atoms with Crippen molar-refractivity contribution in [2.75, 3.05) is 13.2 Å². The first kappa shape index (κ1) is 18.6. The molecule has 3 aliphatic heterocycles. The molecule has 3 fully saturated rings. The molecule has 0 spiro atoms. The molecule has 0 radical (unpaired) electrons. The van der Waals surface area contributed by atoms with E-state index in [0.717, 1.165) is 11.1 Å². The van der Waals surface area contributed by atoms with Gasteiger partial charge in [-0.15, -0.1) is 0 Å². The Balaban J connectivity index is 1.57. The molecule has 2 bridgehead atoms. The van der Waals surface area contributed by atoms with E-state index in [-0.39, 0.29) is 18.0 Å². The first-order valence-electron chi connectivity index (χ1n) is 9.00. The van der Waals surface area contributed by atoms with Gasteiger partial charge in [0.15, 0.2) is 0 Å². The number of aryl methyl sites for hydroxylation is 1. The monoisotopic (exact) mass is 389 g/mol. The van der Waals surface area contributed by atoms with Crippen molar-refractivity contribution in [3.05, 3.63) is 65.7 Å². The van der Waals surface area contributed by atoms with Gasteiger partial charge in [0.05, 0.1) is 30.3 Å². The average molecular weight is 389 g/mol. The molecule has 5 rings (SSSR count). The topological polar surface area (TPSA) is 76.1 Å². The minimum atomic E-state index is -3.69. The molecule has 2 aromatic rings. The Bertz CT molecular complexity index is 884. The van der Waals surface area contributed by atoms with E-state index in [4.69, 9.17) is 9.47 Å². The van der Waals surface area contributed by atoms with Crippen molar-refractivity contribution in [1.82, 2.24) is 4.31 Å². The third kappa shape index (κ3) is 3.53. The number of aliphatic hydroxyl groups excluding tert-OH is 1. The van der Waals surface area contributed by atoms with Crippen LogP contribution in [0.2, 0.25) is 0 Å². The maximum Gasteiger partial charge on any atom is 0.243 e. The van der Waals surface area contributed by atoms with Gasteiger partial charge in [-0.25, -0.2) is 8.42 Å². The highest BCUT2D eigenvalue weighted by Crippen LogP contribution is 2.34. The van der Waals surface area contributed by atoms with Crippen LogP contribution in [0.1, 0.15) is 11.1 Å². The third-order valence-electron chi connectivity index (χ3n) is 5.22. The second-order valence-electron chi connectivity index (χ2n) is 7.08. The standard InChI is InChI=1S/C20H23NO5S/c1-14-7-9-16(10-8-14)27(23,24)21-11-18-19(22)20(17(21)13-25-18)26-12-15-5-3-2-4-6-15/h2-10,17-20,22H,11-13H2,1H3/t17-,18-,19-,20-/m1/s1. The fourth-order valence-corrected chi connectivity index (χ4v) is 5.30. The van der Waals surface area contributed by atoms with Crippen molar-refractivity contribution in [1.29, 1.82) is 0 Å². The van der Waals surface area contributed by atoms with E-state index in [9.17, 15) is 13.5 Å². The Morgan fingerprint density at radius 2 is 1.85 bits per heavy atom. The Morgan fingerprint density at radius 1 is 1.15 bits per heavy atom. The Labute approximate surface area is 159 Å². The summed E-state index contributed by atoms with van der Waals surface area (Å²) < 4.78 is 39.3. The van der Waals surface area contributed by atoms with Crippen LogP contribution in [-0.2, 0) is 26.1 Å². The highest BCUT2D eigenvalue weighted by Gasteiger charge is 2.52. The van der Waals surface area contributed by atoms with E-state index in [2.05, 4.69) is 0 Å². The highest BCUT2D eigenvalue weighted by atomic mass is 32.2. The predicted octanol–water partition coefficient (Wildman–Crippen LogP) is 1.71. The Kier molecular flexibility index (Phi) is 5.05.